The second kappa shape index (κ2) is 5.86. The normalized spacial score (nSPS) is 23.7. The third kappa shape index (κ3) is 3.34. The van der Waals surface area contributed by atoms with Crippen LogP contribution < -0.4 is 5.32 Å². The molecule has 18 heavy (non-hydrogen) atoms. The van der Waals surface area contributed by atoms with Crippen molar-refractivity contribution < 1.29 is 4.92 Å². The lowest BCUT2D eigenvalue weighted by Crippen LogP contribution is -2.26. The molecule has 5 heteroatoms. The van der Waals surface area contributed by atoms with Crippen LogP contribution in [0.3, 0.4) is 0 Å². The summed E-state index contributed by atoms with van der Waals surface area (Å²) in [6.45, 7) is 2.29. The quantitative estimate of drug-likeness (QED) is 0.500. The highest BCUT2D eigenvalue weighted by atomic mass is 127. The third-order valence-corrected chi connectivity index (χ3v) is 4.32. The predicted molar refractivity (Wildman–Crippen MR) is 80.9 cm³/mol. The van der Waals surface area contributed by atoms with E-state index < -0.39 is 0 Å². The molecule has 1 fully saturated rings. The highest BCUT2D eigenvalue weighted by molar-refractivity contribution is 14.1. The van der Waals surface area contributed by atoms with Crippen LogP contribution in [0.2, 0.25) is 0 Å². The zero-order chi connectivity index (χ0) is 13.1. The summed E-state index contributed by atoms with van der Waals surface area (Å²) in [6, 6.07) is 5.75. The van der Waals surface area contributed by atoms with Gasteiger partial charge >= 0.3 is 0 Å². The van der Waals surface area contributed by atoms with Crippen molar-refractivity contribution in [3.8, 4) is 0 Å². The molecule has 1 N–H and O–H groups in total. The van der Waals surface area contributed by atoms with Gasteiger partial charge in [-0.3, -0.25) is 10.1 Å². The fraction of sp³-hybridized carbons (Fsp3) is 0.538. The second-order valence-corrected chi connectivity index (χ2v) is 6.20. The van der Waals surface area contributed by atoms with Gasteiger partial charge in [-0.25, -0.2) is 0 Å². The van der Waals surface area contributed by atoms with Gasteiger partial charge in [-0.2, -0.15) is 0 Å². The van der Waals surface area contributed by atoms with Gasteiger partial charge in [0.2, 0.25) is 0 Å². The Morgan fingerprint density at radius 3 is 2.83 bits per heavy atom. The molecule has 4 nitrogen and oxygen atoms in total. The van der Waals surface area contributed by atoms with E-state index in [4.69, 9.17) is 0 Å². The molecule has 2 atom stereocenters. The summed E-state index contributed by atoms with van der Waals surface area (Å²) in [6.07, 6.45) is 4.96. The number of nitrogens with zero attached hydrogens (tertiary/aromatic N) is 1. The molecule has 2 unspecified atom stereocenters. The Morgan fingerprint density at radius 1 is 1.44 bits per heavy atom. The van der Waals surface area contributed by atoms with Gasteiger partial charge in [-0.05, 0) is 53.5 Å². The average Bonchev–Trinajstić information content (AvgIpc) is 2.28. The second-order valence-electron chi connectivity index (χ2n) is 5.04. The lowest BCUT2D eigenvalue weighted by atomic mass is 9.87. The lowest BCUT2D eigenvalue weighted by molar-refractivity contribution is -0.385. The van der Waals surface area contributed by atoms with Gasteiger partial charge in [0.25, 0.3) is 5.69 Å². The average molecular weight is 360 g/mol. The van der Waals surface area contributed by atoms with E-state index in [1.54, 1.807) is 12.1 Å². The van der Waals surface area contributed by atoms with Crippen molar-refractivity contribution in [2.45, 2.75) is 38.6 Å². The molecule has 0 radical (unpaired) electrons. The summed E-state index contributed by atoms with van der Waals surface area (Å²) < 4.78 is 0.687. The van der Waals surface area contributed by atoms with Gasteiger partial charge in [0.1, 0.15) is 0 Å². The fourth-order valence-corrected chi connectivity index (χ4v) is 3.26. The number of nitro groups is 1. The molecule has 1 aromatic rings. The van der Waals surface area contributed by atoms with Gasteiger partial charge < -0.3 is 5.32 Å². The van der Waals surface area contributed by atoms with Crippen molar-refractivity contribution in [1.29, 1.82) is 0 Å². The van der Waals surface area contributed by atoms with Crippen molar-refractivity contribution >= 4 is 34.0 Å². The van der Waals surface area contributed by atoms with E-state index in [-0.39, 0.29) is 10.6 Å². The largest absolute Gasteiger partial charge is 0.382 e. The SMILES string of the molecule is CC1CCCC(Nc2ccc([N+](=O)[O-])c(I)c2)C1. The maximum absolute atomic E-state index is 10.7. The monoisotopic (exact) mass is 360 g/mol. The lowest BCUT2D eigenvalue weighted by Gasteiger charge is -2.28. The van der Waals surface area contributed by atoms with E-state index in [0.717, 1.165) is 11.6 Å². The van der Waals surface area contributed by atoms with Crippen LogP contribution >= 0.6 is 22.6 Å². The molecule has 0 aromatic heterocycles. The summed E-state index contributed by atoms with van der Waals surface area (Å²) >= 11 is 2.02. The first kappa shape index (κ1) is 13.6. The Bertz CT molecular complexity index is 451. The minimum atomic E-state index is -0.339. The summed E-state index contributed by atoms with van der Waals surface area (Å²) in [7, 11) is 0. The number of nitro benzene ring substituents is 1. The van der Waals surface area contributed by atoms with Crippen molar-refractivity contribution in [1.82, 2.24) is 0 Å². The Morgan fingerprint density at radius 2 is 2.22 bits per heavy atom. The first-order chi connectivity index (χ1) is 8.56. The molecule has 0 aliphatic heterocycles. The van der Waals surface area contributed by atoms with E-state index in [2.05, 4.69) is 12.2 Å². The maximum atomic E-state index is 10.7. The molecular weight excluding hydrogens is 343 g/mol. The van der Waals surface area contributed by atoms with Crippen LogP contribution in [-0.2, 0) is 0 Å². The van der Waals surface area contributed by atoms with E-state index in [1.807, 2.05) is 28.7 Å². The highest BCUT2D eigenvalue weighted by Gasteiger charge is 2.19. The molecule has 0 bridgehead atoms. The molecule has 1 aliphatic carbocycles. The molecule has 0 heterocycles. The van der Waals surface area contributed by atoms with Crippen LogP contribution in [0.5, 0.6) is 0 Å². The van der Waals surface area contributed by atoms with E-state index in [0.29, 0.717) is 9.61 Å². The molecule has 1 aliphatic rings. The summed E-state index contributed by atoms with van der Waals surface area (Å²) in [5.74, 6) is 0.772. The number of hydrogen-bond acceptors (Lipinski definition) is 3. The molecule has 0 amide bonds. The van der Waals surface area contributed by atoms with Crippen molar-refractivity contribution in [3.63, 3.8) is 0 Å². The van der Waals surface area contributed by atoms with Crippen molar-refractivity contribution in [2.75, 3.05) is 5.32 Å². The number of halogens is 1. The van der Waals surface area contributed by atoms with Gasteiger partial charge in [-0.15, -0.1) is 0 Å². The molecule has 98 valence electrons. The third-order valence-electron chi connectivity index (χ3n) is 3.45. The number of hydrogen-bond donors (Lipinski definition) is 1. The van der Waals surface area contributed by atoms with Crippen LogP contribution in [0.4, 0.5) is 11.4 Å². The number of benzene rings is 1. The van der Waals surface area contributed by atoms with Crippen LogP contribution in [-0.4, -0.2) is 11.0 Å². The minimum absolute atomic E-state index is 0.179. The molecule has 0 saturated heterocycles. The first-order valence-electron chi connectivity index (χ1n) is 6.26. The summed E-state index contributed by atoms with van der Waals surface area (Å²) in [4.78, 5) is 10.4. The highest BCUT2D eigenvalue weighted by Crippen LogP contribution is 2.28. The van der Waals surface area contributed by atoms with Crippen LogP contribution in [0.25, 0.3) is 0 Å². The topological polar surface area (TPSA) is 55.2 Å². The molecule has 2 rings (SSSR count). The fourth-order valence-electron chi connectivity index (χ4n) is 2.55. The van der Waals surface area contributed by atoms with E-state index in [1.165, 1.54) is 25.7 Å². The van der Waals surface area contributed by atoms with Gasteiger partial charge in [-0.1, -0.05) is 19.8 Å². The predicted octanol–water partition coefficient (Wildman–Crippen LogP) is 4.19. The smallest absolute Gasteiger partial charge is 0.282 e. The van der Waals surface area contributed by atoms with Gasteiger partial charge in [0.05, 0.1) is 8.49 Å². The van der Waals surface area contributed by atoms with Crippen LogP contribution in [0, 0.1) is 19.6 Å². The van der Waals surface area contributed by atoms with Crippen molar-refractivity contribution in [2.24, 2.45) is 5.92 Å². The molecule has 1 aromatic carbocycles. The summed E-state index contributed by atoms with van der Waals surface area (Å²) in [5, 5.41) is 14.2. The molecule has 0 spiro atoms. The summed E-state index contributed by atoms with van der Waals surface area (Å²) in [5.41, 5.74) is 1.17. The van der Waals surface area contributed by atoms with Gasteiger partial charge in [0.15, 0.2) is 0 Å². The Hall–Kier alpha value is -0.850. The zero-order valence-electron chi connectivity index (χ0n) is 10.4. The number of nitrogens with one attached hydrogen (secondary N) is 1. The Kier molecular flexibility index (Phi) is 4.42. The van der Waals surface area contributed by atoms with E-state index >= 15 is 0 Å². The standard InChI is InChI=1S/C13H17IN2O2/c1-9-3-2-4-10(7-9)15-11-5-6-13(16(17)18)12(14)8-11/h5-6,8-10,15H,2-4,7H2,1H3. The van der Waals surface area contributed by atoms with Crippen LogP contribution in [0.1, 0.15) is 32.6 Å². The maximum Gasteiger partial charge on any atom is 0.282 e. The Balaban J connectivity index is 2.05. The minimum Gasteiger partial charge on any atom is -0.382 e. The molecule has 1 saturated carbocycles. The van der Waals surface area contributed by atoms with Crippen LogP contribution in [0.15, 0.2) is 18.2 Å². The Labute approximate surface area is 120 Å². The number of anilines is 1. The van der Waals surface area contributed by atoms with Crippen molar-refractivity contribution in [3.05, 3.63) is 31.9 Å². The van der Waals surface area contributed by atoms with E-state index in [9.17, 15) is 10.1 Å². The molecular formula is C13H17IN2O2. The number of rotatable bonds is 3. The zero-order valence-corrected chi connectivity index (χ0v) is 12.5. The van der Waals surface area contributed by atoms with Gasteiger partial charge in [0, 0.05) is 17.8 Å². The first-order valence-corrected chi connectivity index (χ1v) is 7.34.